The Hall–Kier alpha value is -2.66. The summed E-state index contributed by atoms with van der Waals surface area (Å²) in [4.78, 5) is 13.9. The maximum atomic E-state index is 13.7. The van der Waals surface area contributed by atoms with Gasteiger partial charge in [-0.05, 0) is 74.1 Å². The Morgan fingerprint density at radius 1 is 1.00 bits per heavy atom. The van der Waals surface area contributed by atoms with Crippen molar-refractivity contribution in [2.24, 2.45) is 5.92 Å². The van der Waals surface area contributed by atoms with Crippen molar-refractivity contribution in [2.45, 2.75) is 75.2 Å². The van der Waals surface area contributed by atoms with Gasteiger partial charge in [0.05, 0.1) is 23.3 Å². The molecule has 0 spiro atoms. The first-order valence-corrected chi connectivity index (χ1v) is 12.2. The van der Waals surface area contributed by atoms with E-state index in [4.69, 9.17) is 4.74 Å². The Kier molecular flexibility index (Phi) is 7.33. The number of ether oxygens (including phenoxy) is 1. The number of nitrogens with zero attached hydrogens (tertiary/aromatic N) is 1. The summed E-state index contributed by atoms with van der Waals surface area (Å²) in [5, 5.41) is 10.2. The van der Waals surface area contributed by atoms with Crippen LogP contribution in [0, 0.1) is 11.7 Å². The Bertz CT molecular complexity index is 1150. The van der Waals surface area contributed by atoms with Gasteiger partial charge < -0.3 is 14.7 Å². The minimum absolute atomic E-state index is 0.0717. The lowest BCUT2D eigenvalue weighted by Gasteiger charge is -2.42. The van der Waals surface area contributed by atoms with Crippen molar-refractivity contribution in [3.05, 3.63) is 70.5 Å². The molecule has 208 valence electrons. The minimum atomic E-state index is -4.99. The number of carbonyl (C=O) groups is 1. The maximum Gasteiger partial charge on any atom is 0.416 e. The van der Waals surface area contributed by atoms with E-state index in [-0.39, 0.29) is 24.0 Å². The number of likely N-dealkylation sites (N-methyl/N-ethyl adjacent to an activating group) is 1. The number of aliphatic hydroxyl groups is 1. The standard InChI is InChI=1S/C27H28F7NO3/c1-14(16-10-17(26(29,30)31)12-18(11-16)27(32,33)34)38-22-9-8-20(23(22)15-4-6-19(28)7-5-15)25(2)13-21(36)24(37)35(25)3/h4-7,10-12,14,20-23,36H,8-9,13H2,1-3H3/t14-,20-,21-,22+,23+,25+/m1/s1. The van der Waals surface area contributed by atoms with Crippen molar-refractivity contribution >= 4 is 5.91 Å². The predicted octanol–water partition coefficient (Wildman–Crippen LogP) is 6.49. The molecular weight excluding hydrogens is 519 g/mol. The second-order valence-corrected chi connectivity index (χ2v) is 10.4. The van der Waals surface area contributed by atoms with Crippen molar-refractivity contribution < 1.29 is 45.4 Å². The molecule has 1 heterocycles. The number of aliphatic hydroxyl groups excluding tert-OH is 1. The van der Waals surface area contributed by atoms with Crippen molar-refractivity contribution in [3.8, 4) is 0 Å². The average Bonchev–Trinajstić information content (AvgIpc) is 3.33. The summed E-state index contributed by atoms with van der Waals surface area (Å²) in [6, 6.07) is 7.01. The summed E-state index contributed by atoms with van der Waals surface area (Å²) in [6.45, 7) is 3.22. The van der Waals surface area contributed by atoms with Gasteiger partial charge in [0.2, 0.25) is 0 Å². The quantitative estimate of drug-likeness (QED) is 0.436. The molecule has 0 aromatic heterocycles. The Labute approximate surface area is 215 Å². The monoisotopic (exact) mass is 547 g/mol. The smallest absolute Gasteiger partial charge is 0.383 e. The number of carbonyl (C=O) groups excluding carboxylic acids is 1. The summed E-state index contributed by atoms with van der Waals surface area (Å²) in [7, 11) is 1.58. The van der Waals surface area contributed by atoms with Crippen molar-refractivity contribution in [1.29, 1.82) is 0 Å². The number of halogens is 7. The molecule has 2 fully saturated rings. The van der Waals surface area contributed by atoms with Gasteiger partial charge in [-0.15, -0.1) is 0 Å². The number of alkyl halides is 6. The van der Waals surface area contributed by atoms with Gasteiger partial charge in [-0.3, -0.25) is 4.79 Å². The van der Waals surface area contributed by atoms with E-state index in [9.17, 15) is 40.6 Å². The molecule has 1 aliphatic carbocycles. The normalized spacial score (nSPS) is 29.2. The van der Waals surface area contributed by atoms with Gasteiger partial charge in [0.1, 0.15) is 11.9 Å². The molecule has 6 atom stereocenters. The number of likely N-dealkylation sites (tertiary alicyclic amines) is 1. The summed E-state index contributed by atoms with van der Waals surface area (Å²) in [5.74, 6) is -1.65. The molecule has 2 aromatic rings. The van der Waals surface area contributed by atoms with E-state index in [0.29, 0.717) is 30.5 Å². The SMILES string of the molecule is C[C@@H](O[C@H]1CC[C@@H]([C@]2(C)C[C@@H](O)C(=O)N2C)[C@@H]1c1ccc(F)cc1)c1cc(C(F)(F)F)cc(C(F)(F)F)c1. The van der Waals surface area contributed by atoms with Gasteiger partial charge in [0, 0.05) is 24.9 Å². The van der Waals surface area contributed by atoms with Crippen LogP contribution in [0.4, 0.5) is 30.7 Å². The molecule has 11 heteroatoms. The molecule has 0 unspecified atom stereocenters. The van der Waals surface area contributed by atoms with Crippen LogP contribution in [-0.2, 0) is 21.9 Å². The van der Waals surface area contributed by atoms with E-state index >= 15 is 0 Å². The first-order valence-electron chi connectivity index (χ1n) is 12.2. The highest BCUT2D eigenvalue weighted by molar-refractivity contribution is 5.84. The van der Waals surface area contributed by atoms with Crippen LogP contribution in [0.25, 0.3) is 0 Å². The lowest BCUT2D eigenvalue weighted by atomic mass is 9.73. The topological polar surface area (TPSA) is 49.8 Å². The minimum Gasteiger partial charge on any atom is -0.383 e. The zero-order chi connectivity index (χ0) is 28.2. The average molecular weight is 548 g/mol. The van der Waals surface area contributed by atoms with Gasteiger partial charge in [0.25, 0.3) is 5.91 Å². The molecule has 1 amide bonds. The third kappa shape index (κ3) is 5.27. The van der Waals surface area contributed by atoms with Crippen LogP contribution in [-0.4, -0.2) is 40.7 Å². The summed E-state index contributed by atoms with van der Waals surface area (Å²) < 4.78 is 100. The summed E-state index contributed by atoms with van der Waals surface area (Å²) >= 11 is 0. The molecule has 1 saturated heterocycles. The van der Waals surface area contributed by atoms with Crippen LogP contribution in [0.2, 0.25) is 0 Å². The predicted molar refractivity (Wildman–Crippen MR) is 123 cm³/mol. The zero-order valence-corrected chi connectivity index (χ0v) is 20.9. The Balaban J connectivity index is 1.70. The second-order valence-electron chi connectivity index (χ2n) is 10.4. The highest BCUT2D eigenvalue weighted by Gasteiger charge is 2.55. The number of rotatable bonds is 5. The van der Waals surface area contributed by atoms with Crippen LogP contribution >= 0.6 is 0 Å². The third-order valence-electron chi connectivity index (χ3n) is 8.10. The molecule has 2 aromatic carbocycles. The zero-order valence-electron chi connectivity index (χ0n) is 20.9. The van der Waals surface area contributed by atoms with E-state index in [2.05, 4.69) is 0 Å². The van der Waals surface area contributed by atoms with E-state index in [0.717, 1.165) is 0 Å². The van der Waals surface area contributed by atoms with Gasteiger partial charge in [-0.25, -0.2) is 4.39 Å². The highest BCUT2D eigenvalue weighted by Crippen LogP contribution is 2.52. The third-order valence-corrected chi connectivity index (χ3v) is 8.10. The van der Waals surface area contributed by atoms with E-state index in [1.807, 2.05) is 6.92 Å². The Morgan fingerprint density at radius 3 is 2.03 bits per heavy atom. The fourth-order valence-electron chi connectivity index (χ4n) is 5.99. The molecule has 2 aliphatic rings. The van der Waals surface area contributed by atoms with Crippen molar-refractivity contribution in [2.75, 3.05) is 7.05 Å². The van der Waals surface area contributed by atoms with Crippen LogP contribution in [0.15, 0.2) is 42.5 Å². The maximum absolute atomic E-state index is 13.7. The Morgan fingerprint density at radius 2 is 1.55 bits per heavy atom. The van der Waals surface area contributed by atoms with Gasteiger partial charge in [-0.1, -0.05) is 12.1 Å². The summed E-state index contributed by atoms with van der Waals surface area (Å²) in [6.07, 6.45) is -11.9. The van der Waals surface area contributed by atoms with Crippen molar-refractivity contribution in [1.82, 2.24) is 4.90 Å². The van der Waals surface area contributed by atoms with Crippen LogP contribution < -0.4 is 0 Å². The number of hydrogen-bond acceptors (Lipinski definition) is 3. The van der Waals surface area contributed by atoms with E-state index in [1.54, 1.807) is 19.2 Å². The van der Waals surface area contributed by atoms with E-state index in [1.165, 1.54) is 24.0 Å². The first-order chi connectivity index (χ1) is 17.5. The number of amides is 1. The molecule has 4 rings (SSSR count). The summed E-state index contributed by atoms with van der Waals surface area (Å²) in [5.41, 5.74) is -3.26. The van der Waals surface area contributed by atoms with Crippen molar-refractivity contribution in [3.63, 3.8) is 0 Å². The molecule has 0 radical (unpaired) electrons. The lowest BCUT2D eigenvalue weighted by Crippen LogP contribution is -2.48. The molecule has 38 heavy (non-hydrogen) atoms. The highest BCUT2D eigenvalue weighted by atomic mass is 19.4. The van der Waals surface area contributed by atoms with Crippen LogP contribution in [0.3, 0.4) is 0 Å². The molecule has 1 aliphatic heterocycles. The van der Waals surface area contributed by atoms with Crippen LogP contribution in [0.5, 0.6) is 0 Å². The molecule has 0 bridgehead atoms. The molecule has 1 N–H and O–H groups in total. The number of hydrogen-bond donors (Lipinski definition) is 1. The fraction of sp³-hybridized carbons (Fsp3) is 0.519. The van der Waals surface area contributed by atoms with Gasteiger partial charge in [-0.2, -0.15) is 26.3 Å². The van der Waals surface area contributed by atoms with Crippen LogP contribution in [0.1, 0.15) is 67.4 Å². The molecule has 1 saturated carbocycles. The molecule has 4 nitrogen and oxygen atoms in total. The van der Waals surface area contributed by atoms with E-state index < -0.39 is 65.0 Å². The second kappa shape index (κ2) is 9.82. The number of benzene rings is 2. The fourth-order valence-corrected chi connectivity index (χ4v) is 5.99. The lowest BCUT2D eigenvalue weighted by molar-refractivity contribution is -0.143. The van der Waals surface area contributed by atoms with Gasteiger partial charge >= 0.3 is 12.4 Å². The largest absolute Gasteiger partial charge is 0.416 e. The van der Waals surface area contributed by atoms with Gasteiger partial charge in [0.15, 0.2) is 0 Å². The molecular formula is C27H28F7NO3. The first kappa shape index (κ1) is 28.4.